The summed E-state index contributed by atoms with van der Waals surface area (Å²) in [5.41, 5.74) is 1.39. The van der Waals surface area contributed by atoms with Crippen LogP contribution in [0, 0.1) is 10.1 Å². The van der Waals surface area contributed by atoms with Crippen molar-refractivity contribution in [3.05, 3.63) is 33.9 Å². The summed E-state index contributed by atoms with van der Waals surface area (Å²) in [7, 11) is 0. The zero-order chi connectivity index (χ0) is 15.4. The fraction of sp³-hybridized carbons (Fsp3) is 0.625. The summed E-state index contributed by atoms with van der Waals surface area (Å²) in [6.07, 6.45) is 4.84. The summed E-state index contributed by atoms with van der Waals surface area (Å²) >= 11 is 0. The lowest BCUT2D eigenvalue weighted by molar-refractivity contribution is -0.384. The van der Waals surface area contributed by atoms with Crippen molar-refractivity contribution in [3.8, 4) is 0 Å². The Kier molecular flexibility index (Phi) is 5.17. The Labute approximate surface area is 125 Å². The van der Waals surface area contributed by atoms with Crippen LogP contribution in [0.2, 0.25) is 0 Å². The van der Waals surface area contributed by atoms with E-state index in [0.29, 0.717) is 17.3 Å². The molecule has 0 radical (unpaired) electrons. The first-order chi connectivity index (χ1) is 10.0. The Bertz CT molecular complexity index is 502. The van der Waals surface area contributed by atoms with Crippen LogP contribution in [-0.4, -0.2) is 22.6 Å². The van der Waals surface area contributed by atoms with Gasteiger partial charge in [-0.3, -0.25) is 10.1 Å². The summed E-state index contributed by atoms with van der Waals surface area (Å²) < 4.78 is 0. The van der Waals surface area contributed by atoms with Crippen LogP contribution in [0.1, 0.15) is 57.6 Å². The predicted octanol–water partition coefficient (Wildman–Crippen LogP) is 3.81. The highest BCUT2D eigenvalue weighted by Gasteiger charge is 2.26. The van der Waals surface area contributed by atoms with Crippen LogP contribution in [0.25, 0.3) is 0 Å². The monoisotopic (exact) mass is 292 g/mol. The van der Waals surface area contributed by atoms with Gasteiger partial charge >= 0.3 is 0 Å². The largest absolute Gasteiger partial charge is 0.389 e. The molecule has 0 spiro atoms. The number of hydrogen-bond acceptors (Lipinski definition) is 4. The highest BCUT2D eigenvalue weighted by molar-refractivity contribution is 5.65. The SMILES string of the molecule is CCC1CCCCCN1c1ccc([C@@H](C)O)cc1[N+](=O)[O-]. The molecule has 0 saturated carbocycles. The van der Waals surface area contributed by atoms with Gasteiger partial charge in [-0.2, -0.15) is 0 Å². The lowest BCUT2D eigenvalue weighted by atomic mass is 10.0. The standard InChI is InChI=1S/C16H24N2O3/c1-3-14-7-5-4-6-10-17(14)15-9-8-13(12(2)19)11-16(15)18(20)21/h8-9,11-12,14,19H,3-7,10H2,1-2H3/t12-,14?/m1/s1. The number of nitro groups is 1. The molecule has 1 aliphatic rings. The maximum Gasteiger partial charge on any atom is 0.292 e. The molecule has 1 aliphatic heterocycles. The van der Waals surface area contributed by atoms with E-state index in [0.717, 1.165) is 25.8 Å². The molecule has 1 unspecified atom stereocenters. The van der Waals surface area contributed by atoms with Crippen molar-refractivity contribution in [1.29, 1.82) is 0 Å². The van der Waals surface area contributed by atoms with Crippen molar-refractivity contribution < 1.29 is 10.0 Å². The van der Waals surface area contributed by atoms with Crippen LogP contribution < -0.4 is 4.90 Å². The second kappa shape index (κ2) is 6.89. The van der Waals surface area contributed by atoms with Crippen molar-refractivity contribution >= 4 is 11.4 Å². The van der Waals surface area contributed by atoms with Crippen LogP contribution in [0.15, 0.2) is 18.2 Å². The van der Waals surface area contributed by atoms with Crippen LogP contribution in [0.5, 0.6) is 0 Å². The minimum Gasteiger partial charge on any atom is -0.389 e. The van der Waals surface area contributed by atoms with Gasteiger partial charge in [-0.05, 0) is 37.8 Å². The molecule has 2 atom stereocenters. The van der Waals surface area contributed by atoms with Gasteiger partial charge in [-0.25, -0.2) is 0 Å². The smallest absolute Gasteiger partial charge is 0.292 e. The molecule has 1 heterocycles. The molecule has 0 bridgehead atoms. The summed E-state index contributed by atoms with van der Waals surface area (Å²) in [6.45, 7) is 4.63. The first-order valence-electron chi connectivity index (χ1n) is 7.77. The molecule has 5 heteroatoms. The minimum absolute atomic E-state index is 0.105. The lowest BCUT2D eigenvalue weighted by Crippen LogP contribution is -2.34. The van der Waals surface area contributed by atoms with Crippen molar-refractivity contribution in [1.82, 2.24) is 0 Å². The van der Waals surface area contributed by atoms with Crippen molar-refractivity contribution in [2.24, 2.45) is 0 Å². The van der Waals surface area contributed by atoms with E-state index in [1.807, 2.05) is 0 Å². The number of aliphatic hydroxyl groups is 1. The van der Waals surface area contributed by atoms with Gasteiger partial charge < -0.3 is 10.0 Å². The normalized spacial score (nSPS) is 20.9. The zero-order valence-electron chi connectivity index (χ0n) is 12.8. The second-order valence-electron chi connectivity index (χ2n) is 5.79. The van der Waals surface area contributed by atoms with E-state index in [1.54, 1.807) is 19.1 Å². The van der Waals surface area contributed by atoms with Gasteiger partial charge in [-0.15, -0.1) is 0 Å². The highest BCUT2D eigenvalue weighted by atomic mass is 16.6. The van der Waals surface area contributed by atoms with Gasteiger partial charge in [0, 0.05) is 18.7 Å². The Morgan fingerprint density at radius 3 is 2.81 bits per heavy atom. The molecular weight excluding hydrogens is 268 g/mol. The van der Waals surface area contributed by atoms with Crippen LogP contribution in [0.4, 0.5) is 11.4 Å². The molecule has 21 heavy (non-hydrogen) atoms. The quantitative estimate of drug-likeness (QED) is 0.677. The first kappa shape index (κ1) is 15.8. The maximum atomic E-state index is 11.4. The molecule has 1 saturated heterocycles. The Morgan fingerprint density at radius 2 is 2.19 bits per heavy atom. The number of hydrogen-bond donors (Lipinski definition) is 1. The molecule has 0 amide bonds. The predicted molar refractivity (Wildman–Crippen MR) is 83.6 cm³/mol. The van der Waals surface area contributed by atoms with Gasteiger partial charge in [0.05, 0.1) is 11.0 Å². The number of benzene rings is 1. The van der Waals surface area contributed by atoms with E-state index in [-0.39, 0.29) is 10.6 Å². The third-order valence-corrected chi connectivity index (χ3v) is 4.34. The Hall–Kier alpha value is -1.62. The van der Waals surface area contributed by atoms with Crippen molar-refractivity contribution in [2.75, 3.05) is 11.4 Å². The highest BCUT2D eigenvalue weighted by Crippen LogP contribution is 2.35. The molecule has 1 N–H and O–H groups in total. The van der Waals surface area contributed by atoms with Crippen LogP contribution >= 0.6 is 0 Å². The van der Waals surface area contributed by atoms with E-state index in [2.05, 4.69) is 11.8 Å². The molecule has 0 aliphatic carbocycles. The second-order valence-corrected chi connectivity index (χ2v) is 5.79. The Morgan fingerprint density at radius 1 is 1.43 bits per heavy atom. The Balaban J connectivity index is 2.42. The molecule has 116 valence electrons. The van der Waals surface area contributed by atoms with E-state index in [9.17, 15) is 15.2 Å². The molecular formula is C16H24N2O3. The van der Waals surface area contributed by atoms with Gasteiger partial charge in [0.2, 0.25) is 0 Å². The third kappa shape index (κ3) is 3.53. The average Bonchev–Trinajstić information content (AvgIpc) is 2.71. The van der Waals surface area contributed by atoms with Gasteiger partial charge in [0.15, 0.2) is 0 Å². The lowest BCUT2D eigenvalue weighted by Gasteiger charge is -2.31. The fourth-order valence-corrected chi connectivity index (χ4v) is 3.11. The minimum atomic E-state index is -0.691. The van der Waals surface area contributed by atoms with E-state index in [1.165, 1.54) is 18.9 Å². The first-order valence-corrected chi connectivity index (χ1v) is 7.77. The number of anilines is 1. The summed E-state index contributed by atoms with van der Waals surface area (Å²) in [6, 6.07) is 5.47. The molecule has 1 fully saturated rings. The molecule has 5 nitrogen and oxygen atoms in total. The van der Waals surface area contributed by atoms with Crippen LogP contribution in [0.3, 0.4) is 0 Å². The fourth-order valence-electron chi connectivity index (χ4n) is 3.11. The molecule has 0 aromatic heterocycles. The number of rotatable bonds is 4. The van der Waals surface area contributed by atoms with E-state index in [4.69, 9.17) is 0 Å². The summed E-state index contributed by atoms with van der Waals surface area (Å²) in [5.74, 6) is 0. The van der Waals surface area contributed by atoms with Gasteiger partial charge in [-0.1, -0.05) is 25.8 Å². The van der Waals surface area contributed by atoms with E-state index < -0.39 is 6.10 Å². The number of nitro benzene ring substituents is 1. The average molecular weight is 292 g/mol. The number of aliphatic hydroxyl groups excluding tert-OH is 1. The van der Waals surface area contributed by atoms with E-state index >= 15 is 0 Å². The van der Waals surface area contributed by atoms with Gasteiger partial charge in [0.1, 0.15) is 5.69 Å². The maximum absolute atomic E-state index is 11.4. The van der Waals surface area contributed by atoms with Crippen molar-refractivity contribution in [3.63, 3.8) is 0 Å². The molecule has 1 aromatic rings. The zero-order valence-corrected chi connectivity index (χ0v) is 12.8. The summed E-state index contributed by atoms with van der Waals surface area (Å²) in [5, 5.41) is 21.1. The van der Waals surface area contributed by atoms with Crippen molar-refractivity contribution in [2.45, 2.75) is 58.1 Å². The third-order valence-electron chi connectivity index (χ3n) is 4.34. The molecule has 1 aromatic carbocycles. The van der Waals surface area contributed by atoms with Gasteiger partial charge in [0.25, 0.3) is 5.69 Å². The molecule has 2 rings (SSSR count). The van der Waals surface area contributed by atoms with Crippen LogP contribution in [-0.2, 0) is 0 Å². The topological polar surface area (TPSA) is 66.6 Å². The number of nitrogens with zero attached hydrogens (tertiary/aromatic N) is 2. The summed E-state index contributed by atoms with van der Waals surface area (Å²) in [4.78, 5) is 13.3.